The Morgan fingerprint density at radius 3 is 0.853 bits per heavy atom. The van der Waals surface area contributed by atoms with Crippen LogP contribution in [-0.4, -0.2) is 43.2 Å². The standard InChI is InChI=1S/C62H54N4O2/c1-59(2)61(5,6)67-57(63-59)41-23-19-39(20-24-41)43-27-31-53-49(35-43)51-37-45(29-33-55(51)65(53)47-15-11-9-12-16-47)46-30-34-56-52(38-46)50-36-44(28-32-54(50)66(56)48-17-13-10-14-18-48)40-21-25-42(26-22-40)58-64-60(3,4)62(7,8)68-58/h9-38H,1-8H3. The molecule has 0 atom stereocenters. The van der Waals surface area contributed by atoms with E-state index in [-0.39, 0.29) is 22.3 Å². The number of rotatable bonds is 7. The van der Waals surface area contributed by atoms with Gasteiger partial charge in [-0.15, -0.1) is 0 Å². The third-order valence-electron chi connectivity index (χ3n) is 15.2. The van der Waals surface area contributed by atoms with Gasteiger partial charge in [0, 0.05) is 44.0 Å². The Kier molecular flexibility index (Phi) is 9.14. The first-order valence-electron chi connectivity index (χ1n) is 23.7. The Labute approximate surface area is 397 Å². The first-order chi connectivity index (χ1) is 32.6. The van der Waals surface area contributed by atoms with Crippen LogP contribution in [0.2, 0.25) is 0 Å². The second kappa shape index (κ2) is 14.9. The molecule has 8 aromatic carbocycles. The zero-order chi connectivity index (χ0) is 46.7. The molecule has 334 valence electrons. The smallest absolute Gasteiger partial charge is 0.217 e. The number of hydrogen-bond acceptors (Lipinski definition) is 4. The molecule has 0 amide bonds. The van der Waals surface area contributed by atoms with Gasteiger partial charge in [-0.3, -0.25) is 0 Å². The predicted molar refractivity (Wildman–Crippen MR) is 283 cm³/mol. The summed E-state index contributed by atoms with van der Waals surface area (Å²) in [5.74, 6) is 1.40. The van der Waals surface area contributed by atoms with Gasteiger partial charge in [0.15, 0.2) is 0 Å². The van der Waals surface area contributed by atoms with Crippen molar-refractivity contribution in [1.82, 2.24) is 9.13 Å². The van der Waals surface area contributed by atoms with Gasteiger partial charge in [0.1, 0.15) is 11.2 Å². The molecule has 4 heterocycles. The molecular weight excluding hydrogens is 833 g/mol. The van der Waals surface area contributed by atoms with Gasteiger partial charge >= 0.3 is 0 Å². The van der Waals surface area contributed by atoms with Crippen molar-refractivity contribution in [3.05, 3.63) is 193 Å². The minimum Gasteiger partial charge on any atom is -0.469 e. The van der Waals surface area contributed by atoms with Gasteiger partial charge in [0.2, 0.25) is 11.8 Å². The van der Waals surface area contributed by atoms with E-state index in [9.17, 15) is 0 Å². The molecule has 2 aliphatic heterocycles. The highest BCUT2D eigenvalue weighted by Crippen LogP contribution is 2.42. The summed E-state index contributed by atoms with van der Waals surface area (Å²) in [6.45, 7) is 16.9. The Morgan fingerprint density at radius 2 is 0.574 bits per heavy atom. The molecular formula is C62H54N4O2. The van der Waals surface area contributed by atoms with Crippen molar-refractivity contribution in [2.45, 2.75) is 77.7 Å². The third kappa shape index (κ3) is 6.60. The summed E-state index contributed by atoms with van der Waals surface area (Å²) < 4.78 is 17.5. The van der Waals surface area contributed by atoms with Crippen LogP contribution in [0, 0.1) is 0 Å². The lowest BCUT2D eigenvalue weighted by molar-refractivity contribution is 0.0618. The maximum absolute atomic E-state index is 6.35. The number of hydrogen-bond donors (Lipinski definition) is 0. The Balaban J connectivity index is 0.970. The number of fused-ring (bicyclic) bond motifs is 6. The molecule has 0 unspecified atom stereocenters. The summed E-state index contributed by atoms with van der Waals surface area (Å²) in [4.78, 5) is 9.91. The highest BCUT2D eigenvalue weighted by Gasteiger charge is 2.46. The van der Waals surface area contributed by atoms with Crippen LogP contribution in [0.25, 0.3) is 88.4 Å². The van der Waals surface area contributed by atoms with E-state index < -0.39 is 0 Å². The van der Waals surface area contributed by atoms with Gasteiger partial charge in [-0.2, -0.15) is 0 Å². The number of nitrogens with zero attached hydrogens (tertiary/aromatic N) is 4. The molecule has 0 N–H and O–H groups in total. The highest BCUT2D eigenvalue weighted by molar-refractivity contribution is 6.14. The van der Waals surface area contributed by atoms with E-state index >= 15 is 0 Å². The van der Waals surface area contributed by atoms with Gasteiger partial charge in [0.05, 0.1) is 33.1 Å². The van der Waals surface area contributed by atoms with Crippen LogP contribution < -0.4 is 0 Å². The number of aromatic nitrogens is 2. The molecule has 0 bridgehead atoms. The molecule has 0 spiro atoms. The van der Waals surface area contributed by atoms with E-state index in [1.165, 1.54) is 54.7 Å². The lowest BCUT2D eigenvalue weighted by atomic mass is 9.87. The van der Waals surface area contributed by atoms with Crippen molar-refractivity contribution in [2.75, 3.05) is 0 Å². The fraction of sp³-hybridized carbons (Fsp3) is 0.194. The fourth-order valence-electron chi connectivity index (χ4n) is 9.89. The molecule has 0 radical (unpaired) electrons. The third-order valence-corrected chi connectivity index (χ3v) is 15.2. The molecule has 10 aromatic rings. The molecule has 0 aliphatic carbocycles. The second-order valence-corrected chi connectivity index (χ2v) is 20.6. The van der Waals surface area contributed by atoms with E-state index in [0.29, 0.717) is 11.8 Å². The van der Waals surface area contributed by atoms with Gasteiger partial charge in [-0.25, -0.2) is 9.98 Å². The topological polar surface area (TPSA) is 53.0 Å². The summed E-state index contributed by atoms with van der Waals surface area (Å²) >= 11 is 0. The number of para-hydroxylation sites is 2. The maximum Gasteiger partial charge on any atom is 0.217 e. The van der Waals surface area contributed by atoms with Crippen LogP contribution in [0.3, 0.4) is 0 Å². The first kappa shape index (κ1) is 41.7. The molecule has 12 rings (SSSR count). The quantitative estimate of drug-likeness (QED) is 0.160. The first-order valence-corrected chi connectivity index (χ1v) is 23.7. The summed E-state index contributed by atoms with van der Waals surface area (Å²) in [6, 6.07) is 66.3. The van der Waals surface area contributed by atoms with E-state index in [2.05, 4.69) is 247 Å². The highest BCUT2D eigenvalue weighted by atomic mass is 16.5. The normalized spacial score (nSPS) is 16.8. The predicted octanol–water partition coefficient (Wildman–Crippen LogP) is 15.5. The van der Waals surface area contributed by atoms with Crippen LogP contribution in [0.15, 0.2) is 192 Å². The summed E-state index contributed by atoms with van der Waals surface area (Å²) in [6.07, 6.45) is 0. The monoisotopic (exact) mass is 886 g/mol. The molecule has 2 aromatic heterocycles. The molecule has 0 saturated heterocycles. The molecule has 6 nitrogen and oxygen atoms in total. The van der Waals surface area contributed by atoms with Gasteiger partial charge in [-0.1, -0.05) is 84.9 Å². The lowest BCUT2D eigenvalue weighted by Gasteiger charge is -2.30. The zero-order valence-electron chi connectivity index (χ0n) is 39.9. The van der Waals surface area contributed by atoms with Crippen LogP contribution >= 0.6 is 0 Å². The maximum atomic E-state index is 6.35. The Morgan fingerprint density at radius 1 is 0.309 bits per heavy atom. The SMILES string of the molecule is CC1(C)N=C(c2ccc(-c3ccc4c(c3)c3cc(-c5ccc6c(c5)c5cc(-c7ccc(C8=NC(C)(C)C(C)(C)O8)cc7)ccc5n6-c5ccccc5)ccc3n4-c3ccccc3)cc2)OC1(C)C. The second-order valence-electron chi connectivity index (χ2n) is 20.6. The molecule has 0 saturated carbocycles. The van der Waals surface area contributed by atoms with Crippen molar-refractivity contribution >= 4 is 55.4 Å². The minimum atomic E-state index is -0.375. The van der Waals surface area contributed by atoms with Crippen molar-refractivity contribution in [2.24, 2.45) is 9.98 Å². The summed E-state index contributed by atoms with van der Waals surface area (Å²) in [5, 5.41) is 4.82. The van der Waals surface area contributed by atoms with Crippen molar-refractivity contribution in [3.63, 3.8) is 0 Å². The number of ether oxygens (including phenoxy) is 2. The summed E-state index contributed by atoms with van der Waals surface area (Å²) in [5.41, 5.74) is 14.5. The lowest BCUT2D eigenvalue weighted by Crippen LogP contribution is -2.41. The van der Waals surface area contributed by atoms with Gasteiger partial charge in [-0.05, 0) is 186 Å². The molecule has 68 heavy (non-hydrogen) atoms. The molecule has 2 aliphatic rings. The number of benzene rings is 8. The zero-order valence-corrected chi connectivity index (χ0v) is 39.9. The molecule has 0 fully saturated rings. The van der Waals surface area contributed by atoms with Crippen LogP contribution in [-0.2, 0) is 9.47 Å². The van der Waals surface area contributed by atoms with Gasteiger partial charge < -0.3 is 18.6 Å². The van der Waals surface area contributed by atoms with E-state index in [4.69, 9.17) is 19.5 Å². The van der Waals surface area contributed by atoms with Gasteiger partial charge in [0.25, 0.3) is 0 Å². The van der Waals surface area contributed by atoms with E-state index in [0.717, 1.165) is 44.8 Å². The van der Waals surface area contributed by atoms with Crippen molar-refractivity contribution in [1.29, 1.82) is 0 Å². The van der Waals surface area contributed by atoms with Crippen molar-refractivity contribution < 1.29 is 9.47 Å². The molecule has 6 heteroatoms. The van der Waals surface area contributed by atoms with Crippen molar-refractivity contribution in [3.8, 4) is 44.8 Å². The van der Waals surface area contributed by atoms with E-state index in [1.54, 1.807) is 0 Å². The fourth-order valence-corrected chi connectivity index (χ4v) is 9.89. The van der Waals surface area contributed by atoms with Crippen LogP contribution in [0.5, 0.6) is 0 Å². The van der Waals surface area contributed by atoms with E-state index in [1.807, 2.05) is 0 Å². The summed E-state index contributed by atoms with van der Waals surface area (Å²) in [7, 11) is 0. The average molecular weight is 887 g/mol. The average Bonchev–Trinajstić information content (AvgIpc) is 3.99. The Hall–Kier alpha value is -7.70. The van der Waals surface area contributed by atoms with Crippen LogP contribution in [0.1, 0.15) is 66.5 Å². The minimum absolute atomic E-state index is 0.306. The number of aliphatic imine (C=N–C) groups is 2. The van der Waals surface area contributed by atoms with Crippen LogP contribution in [0.4, 0.5) is 0 Å². The Bertz CT molecular complexity index is 3450. The largest absolute Gasteiger partial charge is 0.469 e.